The maximum atomic E-state index is 12.4. The van der Waals surface area contributed by atoms with Gasteiger partial charge in [0.25, 0.3) is 5.69 Å². The maximum Gasteiger partial charge on any atom is 0.292 e. The van der Waals surface area contributed by atoms with Crippen LogP contribution in [0.25, 0.3) is 11.4 Å². The average Bonchev–Trinajstić information content (AvgIpc) is 3.28. The van der Waals surface area contributed by atoms with Gasteiger partial charge in [0.2, 0.25) is 5.91 Å². The van der Waals surface area contributed by atoms with Gasteiger partial charge in [0.15, 0.2) is 11.0 Å². The lowest BCUT2D eigenvalue weighted by molar-refractivity contribution is -0.383. The third kappa shape index (κ3) is 5.56. The van der Waals surface area contributed by atoms with Crippen molar-refractivity contribution in [1.29, 1.82) is 0 Å². The first-order chi connectivity index (χ1) is 16.6. The van der Waals surface area contributed by atoms with Crippen LogP contribution in [0.2, 0.25) is 0 Å². The number of amides is 1. The van der Waals surface area contributed by atoms with Crippen LogP contribution in [0.5, 0.6) is 5.75 Å². The van der Waals surface area contributed by atoms with Crippen molar-refractivity contribution >= 4 is 29.0 Å². The van der Waals surface area contributed by atoms with E-state index in [4.69, 9.17) is 4.74 Å². The van der Waals surface area contributed by atoms with Crippen LogP contribution in [0.1, 0.15) is 44.6 Å². The standard InChI is InChI=1S/C24H27N5O4S/c1-33-19-13-11-17(12-14-19)23-26-27-24(28(23)18-7-3-2-4-8-18)34-16-15-22(30)25-20-9-5-6-10-21(20)29(31)32/h5-6,9-14,18H,2-4,7-8,15-16H2,1H3,(H,25,30). The first-order valence-electron chi connectivity index (χ1n) is 11.3. The third-order valence-corrected chi connectivity index (χ3v) is 6.83. The summed E-state index contributed by atoms with van der Waals surface area (Å²) in [5.74, 6) is 1.81. The van der Waals surface area contributed by atoms with Crippen molar-refractivity contribution in [3.63, 3.8) is 0 Å². The Morgan fingerprint density at radius 2 is 1.88 bits per heavy atom. The number of methoxy groups -OCH3 is 1. The summed E-state index contributed by atoms with van der Waals surface area (Å²) < 4.78 is 7.49. The fourth-order valence-electron chi connectivity index (χ4n) is 4.17. The van der Waals surface area contributed by atoms with Gasteiger partial charge in [-0.1, -0.05) is 43.2 Å². The number of nitro groups is 1. The maximum absolute atomic E-state index is 12.4. The molecule has 0 aliphatic heterocycles. The van der Waals surface area contributed by atoms with Crippen molar-refractivity contribution in [2.45, 2.75) is 49.7 Å². The normalized spacial score (nSPS) is 14.0. The van der Waals surface area contributed by atoms with Crippen LogP contribution in [-0.4, -0.2) is 38.5 Å². The Hall–Kier alpha value is -3.40. The molecule has 0 unspecified atom stereocenters. The summed E-state index contributed by atoms with van der Waals surface area (Å²) in [5.41, 5.74) is 1.05. The first-order valence-corrected chi connectivity index (χ1v) is 12.3. The molecular weight excluding hydrogens is 454 g/mol. The molecule has 1 heterocycles. The fourth-order valence-corrected chi connectivity index (χ4v) is 5.11. The Morgan fingerprint density at radius 1 is 1.15 bits per heavy atom. The number of anilines is 1. The molecule has 1 aliphatic carbocycles. The van der Waals surface area contributed by atoms with Crippen molar-refractivity contribution < 1.29 is 14.5 Å². The Morgan fingerprint density at radius 3 is 2.59 bits per heavy atom. The lowest BCUT2D eigenvalue weighted by Crippen LogP contribution is -2.16. The molecule has 1 saturated carbocycles. The van der Waals surface area contributed by atoms with Gasteiger partial charge in [0.1, 0.15) is 11.4 Å². The number of thioether (sulfide) groups is 1. The number of hydrogen-bond donors (Lipinski definition) is 1. The molecule has 0 spiro atoms. The van der Waals surface area contributed by atoms with E-state index in [1.165, 1.54) is 43.2 Å². The van der Waals surface area contributed by atoms with E-state index >= 15 is 0 Å². The molecule has 34 heavy (non-hydrogen) atoms. The molecule has 0 atom stereocenters. The number of nitro benzene ring substituents is 1. The minimum absolute atomic E-state index is 0.121. The Kier molecular flexibility index (Phi) is 7.79. The number of benzene rings is 2. The molecule has 1 N–H and O–H groups in total. The largest absolute Gasteiger partial charge is 0.497 e. The van der Waals surface area contributed by atoms with Gasteiger partial charge in [0.05, 0.1) is 12.0 Å². The van der Waals surface area contributed by atoms with Crippen molar-refractivity contribution in [3.05, 3.63) is 58.6 Å². The topological polar surface area (TPSA) is 112 Å². The van der Waals surface area contributed by atoms with Gasteiger partial charge in [-0.15, -0.1) is 10.2 Å². The molecule has 1 amide bonds. The van der Waals surface area contributed by atoms with Crippen LogP contribution in [0.15, 0.2) is 53.7 Å². The highest BCUT2D eigenvalue weighted by molar-refractivity contribution is 7.99. The molecule has 0 saturated heterocycles. The Balaban J connectivity index is 1.46. The highest BCUT2D eigenvalue weighted by Crippen LogP contribution is 2.36. The molecular formula is C24H27N5O4S. The molecule has 0 radical (unpaired) electrons. The van der Waals surface area contributed by atoms with E-state index in [9.17, 15) is 14.9 Å². The van der Waals surface area contributed by atoms with E-state index in [-0.39, 0.29) is 23.7 Å². The quantitative estimate of drug-likeness (QED) is 0.244. The van der Waals surface area contributed by atoms with Crippen LogP contribution in [-0.2, 0) is 4.79 Å². The molecule has 9 nitrogen and oxygen atoms in total. The molecule has 178 valence electrons. The van der Waals surface area contributed by atoms with E-state index in [2.05, 4.69) is 20.1 Å². The summed E-state index contributed by atoms with van der Waals surface area (Å²) >= 11 is 1.48. The van der Waals surface area contributed by atoms with Crippen LogP contribution < -0.4 is 10.1 Å². The summed E-state index contributed by atoms with van der Waals surface area (Å²) in [6.45, 7) is 0. The van der Waals surface area contributed by atoms with E-state index in [0.29, 0.717) is 11.8 Å². The second-order valence-electron chi connectivity index (χ2n) is 8.12. The number of rotatable bonds is 9. The van der Waals surface area contributed by atoms with Crippen molar-refractivity contribution in [3.8, 4) is 17.1 Å². The van der Waals surface area contributed by atoms with Crippen molar-refractivity contribution in [2.24, 2.45) is 0 Å². The van der Waals surface area contributed by atoms with Crippen molar-refractivity contribution in [1.82, 2.24) is 14.8 Å². The molecule has 4 rings (SSSR count). The molecule has 0 bridgehead atoms. The summed E-state index contributed by atoms with van der Waals surface area (Å²) in [6.07, 6.45) is 5.94. The number of nitrogens with one attached hydrogen (secondary N) is 1. The fraction of sp³-hybridized carbons (Fsp3) is 0.375. The van der Waals surface area contributed by atoms with Gasteiger partial charge in [-0.2, -0.15) is 0 Å². The zero-order valence-electron chi connectivity index (χ0n) is 19.0. The SMILES string of the molecule is COc1ccc(-c2nnc(SCCC(=O)Nc3ccccc3[N+](=O)[O-])n2C2CCCCC2)cc1. The van der Waals surface area contributed by atoms with Gasteiger partial charge in [-0.25, -0.2) is 0 Å². The number of aromatic nitrogens is 3. The zero-order chi connectivity index (χ0) is 23.9. The van der Waals surface area contributed by atoms with E-state index in [1.54, 1.807) is 19.2 Å². The van der Waals surface area contributed by atoms with E-state index in [0.717, 1.165) is 35.1 Å². The minimum Gasteiger partial charge on any atom is -0.497 e. The van der Waals surface area contributed by atoms with Crippen molar-refractivity contribution in [2.75, 3.05) is 18.2 Å². The highest BCUT2D eigenvalue weighted by Gasteiger charge is 2.24. The number of nitrogens with zero attached hydrogens (tertiary/aromatic N) is 4. The number of hydrogen-bond acceptors (Lipinski definition) is 7. The van der Waals surface area contributed by atoms with Gasteiger partial charge in [-0.05, 0) is 43.2 Å². The molecule has 2 aromatic carbocycles. The van der Waals surface area contributed by atoms with Gasteiger partial charge in [0, 0.05) is 29.8 Å². The number of carbonyl (C=O) groups excluding carboxylic acids is 1. The predicted octanol–water partition coefficient (Wildman–Crippen LogP) is 5.49. The monoisotopic (exact) mass is 481 g/mol. The average molecular weight is 482 g/mol. The summed E-state index contributed by atoms with van der Waals surface area (Å²) in [7, 11) is 1.64. The molecule has 3 aromatic rings. The molecule has 1 fully saturated rings. The highest BCUT2D eigenvalue weighted by atomic mass is 32.2. The third-order valence-electron chi connectivity index (χ3n) is 5.89. The summed E-state index contributed by atoms with van der Waals surface area (Å²) in [4.78, 5) is 23.1. The summed E-state index contributed by atoms with van der Waals surface area (Å²) in [5, 5.41) is 23.5. The van der Waals surface area contributed by atoms with Gasteiger partial charge in [-0.3, -0.25) is 19.5 Å². The van der Waals surface area contributed by atoms with Crippen LogP contribution in [0.3, 0.4) is 0 Å². The zero-order valence-corrected chi connectivity index (χ0v) is 19.8. The lowest BCUT2D eigenvalue weighted by Gasteiger charge is -2.25. The molecule has 10 heteroatoms. The smallest absolute Gasteiger partial charge is 0.292 e. The molecule has 1 aliphatic rings. The Labute approximate surface area is 202 Å². The number of carbonyl (C=O) groups is 1. The first kappa shape index (κ1) is 23.7. The van der Waals surface area contributed by atoms with Gasteiger partial charge < -0.3 is 10.1 Å². The van der Waals surface area contributed by atoms with E-state index < -0.39 is 4.92 Å². The van der Waals surface area contributed by atoms with Crippen LogP contribution >= 0.6 is 11.8 Å². The Bertz CT molecular complexity index is 1140. The lowest BCUT2D eigenvalue weighted by atomic mass is 9.95. The van der Waals surface area contributed by atoms with Gasteiger partial charge >= 0.3 is 0 Å². The molecule has 1 aromatic heterocycles. The van der Waals surface area contributed by atoms with E-state index in [1.807, 2.05) is 24.3 Å². The van der Waals surface area contributed by atoms with Crippen LogP contribution in [0.4, 0.5) is 11.4 Å². The number of para-hydroxylation sites is 2. The predicted molar refractivity (Wildman–Crippen MR) is 131 cm³/mol. The number of ether oxygens (including phenoxy) is 1. The second-order valence-corrected chi connectivity index (χ2v) is 9.18. The van der Waals surface area contributed by atoms with Crippen LogP contribution in [0, 0.1) is 10.1 Å². The minimum atomic E-state index is -0.502. The second kappa shape index (κ2) is 11.1. The summed E-state index contributed by atoms with van der Waals surface area (Å²) in [6, 6.07) is 14.2.